The lowest BCUT2D eigenvalue weighted by atomic mass is 10.1. The Morgan fingerprint density at radius 2 is 1.81 bits per heavy atom. The van der Waals surface area contributed by atoms with Crippen LogP contribution in [-0.2, 0) is 22.4 Å². The monoisotopic (exact) mass is 304 g/mol. The van der Waals surface area contributed by atoms with E-state index in [1.54, 1.807) is 36.4 Å². The zero-order valence-electron chi connectivity index (χ0n) is 11.0. The fraction of sp³-hybridized carbons (Fsp3) is 0.133. The summed E-state index contributed by atoms with van der Waals surface area (Å²) < 4.78 is 0. The van der Waals surface area contributed by atoms with E-state index >= 15 is 0 Å². The molecule has 108 valence electrons. The van der Waals surface area contributed by atoms with E-state index in [1.165, 1.54) is 6.20 Å². The lowest BCUT2D eigenvalue weighted by Crippen LogP contribution is -2.14. The molecule has 0 unspecified atom stereocenters. The van der Waals surface area contributed by atoms with Crippen molar-refractivity contribution in [2.24, 2.45) is 0 Å². The number of nitrogens with one attached hydrogen (secondary N) is 1. The molecule has 0 aliphatic carbocycles. The molecule has 1 aromatic heterocycles. The predicted molar refractivity (Wildman–Crippen MR) is 79.4 cm³/mol. The first kappa shape index (κ1) is 15.0. The Morgan fingerprint density at radius 1 is 1.10 bits per heavy atom. The Bertz CT molecular complexity index is 639. The van der Waals surface area contributed by atoms with E-state index in [4.69, 9.17) is 16.7 Å². The smallest absolute Gasteiger partial charge is 0.309 e. The molecule has 0 fully saturated rings. The zero-order valence-corrected chi connectivity index (χ0v) is 11.8. The molecule has 5 nitrogen and oxygen atoms in total. The molecule has 0 bridgehead atoms. The summed E-state index contributed by atoms with van der Waals surface area (Å²) in [6.07, 6.45) is 1.53. The molecule has 1 aromatic carbocycles. The van der Waals surface area contributed by atoms with Crippen LogP contribution in [0.5, 0.6) is 0 Å². The van der Waals surface area contributed by atoms with Gasteiger partial charge in [0.1, 0.15) is 0 Å². The van der Waals surface area contributed by atoms with E-state index in [0.717, 1.165) is 5.56 Å². The molecule has 6 heteroatoms. The Morgan fingerprint density at radius 3 is 2.38 bits per heavy atom. The molecule has 0 radical (unpaired) electrons. The summed E-state index contributed by atoms with van der Waals surface area (Å²) in [5, 5.41) is 12.0. The van der Waals surface area contributed by atoms with Gasteiger partial charge in [-0.2, -0.15) is 0 Å². The van der Waals surface area contributed by atoms with Crippen LogP contribution in [0.4, 0.5) is 5.69 Å². The number of aliphatic carboxylic acids is 1. The molecule has 0 aliphatic rings. The number of carboxylic acids is 1. The summed E-state index contributed by atoms with van der Waals surface area (Å²) in [4.78, 5) is 26.4. The fourth-order valence-electron chi connectivity index (χ4n) is 1.75. The van der Waals surface area contributed by atoms with Crippen LogP contribution in [0, 0.1) is 0 Å². The van der Waals surface area contributed by atoms with Gasteiger partial charge in [-0.1, -0.05) is 23.7 Å². The number of amides is 1. The number of aromatic nitrogens is 1. The number of hydrogen-bond acceptors (Lipinski definition) is 3. The molecule has 2 N–H and O–H groups in total. The fourth-order valence-corrected chi connectivity index (χ4v) is 1.88. The van der Waals surface area contributed by atoms with Gasteiger partial charge in [0.2, 0.25) is 5.91 Å². The Hall–Kier alpha value is -2.40. The van der Waals surface area contributed by atoms with Crippen molar-refractivity contribution in [3.63, 3.8) is 0 Å². The highest BCUT2D eigenvalue weighted by Crippen LogP contribution is 2.11. The first-order chi connectivity index (χ1) is 10.0. The highest BCUT2D eigenvalue weighted by atomic mass is 35.5. The normalized spacial score (nSPS) is 10.1. The number of carbonyl (C=O) groups excluding carboxylic acids is 1. The van der Waals surface area contributed by atoms with E-state index in [0.29, 0.717) is 16.4 Å². The van der Waals surface area contributed by atoms with Crippen LogP contribution in [-0.4, -0.2) is 22.0 Å². The van der Waals surface area contributed by atoms with Crippen molar-refractivity contribution in [2.75, 3.05) is 5.32 Å². The third-order valence-corrected chi connectivity index (χ3v) is 2.97. The molecule has 0 saturated carbocycles. The Kier molecular flexibility index (Phi) is 4.90. The highest BCUT2D eigenvalue weighted by molar-refractivity contribution is 6.30. The van der Waals surface area contributed by atoms with E-state index in [9.17, 15) is 9.59 Å². The molecule has 0 saturated heterocycles. The van der Waals surface area contributed by atoms with Crippen LogP contribution >= 0.6 is 11.6 Å². The Balaban J connectivity index is 1.93. The van der Waals surface area contributed by atoms with Crippen molar-refractivity contribution in [2.45, 2.75) is 12.8 Å². The maximum absolute atomic E-state index is 11.9. The second-order valence-corrected chi connectivity index (χ2v) is 4.90. The van der Waals surface area contributed by atoms with Crippen LogP contribution in [0.3, 0.4) is 0 Å². The topological polar surface area (TPSA) is 79.3 Å². The number of halogens is 1. The van der Waals surface area contributed by atoms with Crippen LogP contribution in [0.1, 0.15) is 11.3 Å². The molecule has 2 aromatic rings. The molecule has 21 heavy (non-hydrogen) atoms. The molecule has 0 atom stereocenters. The summed E-state index contributed by atoms with van der Waals surface area (Å²) in [6, 6.07) is 10.2. The van der Waals surface area contributed by atoms with Gasteiger partial charge in [-0.3, -0.25) is 14.6 Å². The molecule has 1 amide bonds. The van der Waals surface area contributed by atoms with E-state index in [1.807, 2.05) is 0 Å². The molecular formula is C15H13ClN2O3. The van der Waals surface area contributed by atoms with Gasteiger partial charge < -0.3 is 10.4 Å². The van der Waals surface area contributed by atoms with Crippen molar-refractivity contribution < 1.29 is 14.7 Å². The van der Waals surface area contributed by atoms with Crippen molar-refractivity contribution in [3.05, 3.63) is 58.9 Å². The zero-order chi connectivity index (χ0) is 15.2. The van der Waals surface area contributed by atoms with Crippen LogP contribution < -0.4 is 5.32 Å². The maximum atomic E-state index is 11.9. The number of benzene rings is 1. The molecule has 1 heterocycles. The lowest BCUT2D eigenvalue weighted by molar-refractivity contribution is -0.136. The van der Waals surface area contributed by atoms with E-state index in [-0.39, 0.29) is 18.7 Å². The minimum absolute atomic E-state index is 0.140. The average molecular weight is 305 g/mol. The Labute approximate surface area is 126 Å². The number of pyridine rings is 1. The predicted octanol–water partition coefficient (Wildman–Crippen LogP) is 2.54. The second kappa shape index (κ2) is 6.85. The van der Waals surface area contributed by atoms with Crippen molar-refractivity contribution in [1.29, 1.82) is 0 Å². The van der Waals surface area contributed by atoms with Crippen LogP contribution in [0.2, 0.25) is 5.02 Å². The number of carboxylic acid groups (broad SMARTS) is 1. The molecule has 0 spiro atoms. The summed E-state index contributed by atoms with van der Waals surface area (Å²) in [7, 11) is 0. The van der Waals surface area contributed by atoms with Crippen molar-refractivity contribution >= 4 is 29.2 Å². The van der Waals surface area contributed by atoms with Gasteiger partial charge in [0.25, 0.3) is 0 Å². The molecule has 0 aliphatic heterocycles. The van der Waals surface area contributed by atoms with Gasteiger partial charge in [-0.15, -0.1) is 0 Å². The maximum Gasteiger partial charge on any atom is 0.309 e. The van der Waals surface area contributed by atoms with Gasteiger partial charge in [0.15, 0.2) is 0 Å². The highest BCUT2D eigenvalue weighted by Gasteiger charge is 2.06. The van der Waals surface area contributed by atoms with Crippen molar-refractivity contribution in [3.8, 4) is 0 Å². The summed E-state index contributed by atoms with van der Waals surface area (Å²) >= 11 is 5.78. The average Bonchev–Trinajstić information content (AvgIpc) is 2.43. The van der Waals surface area contributed by atoms with Gasteiger partial charge >= 0.3 is 5.97 Å². The van der Waals surface area contributed by atoms with Crippen LogP contribution in [0.25, 0.3) is 0 Å². The minimum atomic E-state index is -0.943. The number of carbonyl (C=O) groups is 2. The summed E-state index contributed by atoms with van der Waals surface area (Å²) in [5.41, 5.74) is 1.83. The number of nitrogens with zero attached hydrogens (tertiary/aromatic N) is 1. The van der Waals surface area contributed by atoms with Gasteiger partial charge in [0, 0.05) is 5.02 Å². The van der Waals surface area contributed by atoms with Crippen LogP contribution in [0.15, 0.2) is 42.6 Å². The van der Waals surface area contributed by atoms with E-state index < -0.39 is 5.97 Å². The second-order valence-electron chi connectivity index (χ2n) is 4.46. The van der Waals surface area contributed by atoms with E-state index in [2.05, 4.69) is 10.3 Å². The first-order valence-electron chi connectivity index (χ1n) is 6.24. The number of rotatable bonds is 5. The first-order valence-corrected chi connectivity index (χ1v) is 6.62. The van der Waals surface area contributed by atoms with Gasteiger partial charge in [0.05, 0.1) is 30.4 Å². The third-order valence-electron chi connectivity index (χ3n) is 2.72. The largest absolute Gasteiger partial charge is 0.481 e. The van der Waals surface area contributed by atoms with Crippen molar-refractivity contribution in [1.82, 2.24) is 4.98 Å². The van der Waals surface area contributed by atoms with Gasteiger partial charge in [-0.05, 0) is 29.8 Å². The number of hydrogen-bond donors (Lipinski definition) is 2. The third kappa shape index (κ3) is 4.89. The number of anilines is 1. The minimum Gasteiger partial charge on any atom is -0.481 e. The lowest BCUT2D eigenvalue weighted by Gasteiger charge is -2.06. The molecular weight excluding hydrogens is 292 g/mol. The summed E-state index contributed by atoms with van der Waals surface area (Å²) in [5.74, 6) is -1.12. The SMILES string of the molecule is O=C(O)Cc1ccc(NC(=O)Cc2ccc(Cl)cc2)cn1. The summed E-state index contributed by atoms with van der Waals surface area (Å²) in [6.45, 7) is 0. The standard InChI is InChI=1S/C15H13ClN2O3/c16-11-3-1-10(2-4-11)7-14(19)18-13-6-5-12(17-9-13)8-15(20)21/h1-6,9H,7-8H2,(H,18,19)(H,20,21). The quantitative estimate of drug-likeness (QED) is 0.889. The molecule has 2 rings (SSSR count). The van der Waals surface area contributed by atoms with Gasteiger partial charge in [-0.25, -0.2) is 0 Å².